The van der Waals surface area contributed by atoms with Gasteiger partial charge in [0.25, 0.3) is 5.69 Å². The summed E-state index contributed by atoms with van der Waals surface area (Å²) in [6, 6.07) is 8.14. The minimum absolute atomic E-state index is 0.0199. The van der Waals surface area contributed by atoms with Gasteiger partial charge in [0.15, 0.2) is 5.75 Å². The van der Waals surface area contributed by atoms with Gasteiger partial charge in [0.2, 0.25) is 5.75 Å². The monoisotopic (exact) mass is 346 g/mol. The fourth-order valence-electron chi connectivity index (χ4n) is 1.93. The van der Waals surface area contributed by atoms with Crippen LogP contribution in [-0.2, 0) is 0 Å². The van der Waals surface area contributed by atoms with Crippen LogP contribution in [-0.4, -0.2) is 27.8 Å². The van der Waals surface area contributed by atoms with E-state index in [1.54, 1.807) is 6.92 Å². The highest BCUT2D eigenvalue weighted by Crippen LogP contribution is 2.36. The van der Waals surface area contributed by atoms with Crippen molar-refractivity contribution in [2.75, 3.05) is 12.0 Å². The molecule has 10 heteroatoms. The molecular weight excluding hydrogens is 332 g/mol. The van der Waals surface area contributed by atoms with Gasteiger partial charge in [-0.05, 0) is 25.1 Å². The first kappa shape index (κ1) is 17.7. The zero-order valence-electron chi connectivity index (χ0n) is 13.1. The molecule has 0 atom stereocenters. The normalized spacial score (nSPS) is 10.6. The number of nitro groups is 2. The van der Waals surface area contributed by atoms with Gasteiger partial charge in [-0.2, -0.15) is 5.10 Å². The van der Waals surface area contributed by atoms with Gasteiger partial charge in [0.1, 0.15) is 0 Å². The highest BCUT2D eigenvalue weighted by Gasteiger charge is 2.19. The summed E-state index contributed by atoms with van der Waals surface area (Å²) in [5.74, 6) is -0.569. The van der Waals surface area contributed by atoms with Gasteiger partial charge in [0, 0.05) is 23.8 Å². The fourth-order valence-corrected chi connectivity index (χ4v) is 1.93. The Kier molecular flexibility index (Phi) is 5.46. The van der Waals surface area contributed by atoms with Gasteiger partial charge in [-0.25, -0.2) is 0 Å². The molecule has 0 amide bonds. The van der Waals surface area contributed by atoms with E-state index in [1.165, 1.54) is 36.5 Å². The Morgan fingerprint density at radius 1 is 1.20 bits per heavy atom. The van der Waals surface area contributed by atoms with Crippen LogP contribution in [0.2, 0.25) is 0 Å². The van der Waals surface area contributed by atoms with Gasteiger partial charge in [0.05, 0.1) is 28.4 Å². The third kappa shape index (κ3) is 4.41. The zero-order chi connectivity index (χ0) is 18.4. The van der Waals surface area contributed by atoms with Crippen LogP contribution in [0.1, 0.15) is 12.5 Å². The number of benzene rings is 2. The Labute approximate surface area is 141 Å². The van der Waals surface area contributed by atoms with Crippen molar-refractivity contribution in [2.24, 2.45) is 5.10 Å². The minimum atomic E-state index is -0.723. The predicted molar refractivity (Wildman–Crippen MR) is 90.2 cm³/mol. The van der Waals surface area contributed by atoms with E-state index in [9.17, 15) is 25.3 Å². The predicted octanol–water partition coefficient (Wildman–Crippen LogP) is 3.05. The largest absolute Gasteiger partial charge is 0.500 e. The molecule has 10 nitrogen and oxygen atoms in total. The molecule has 2 aromatic rings. The summed E-state index contributed by atoms with van der Waals surface area (Å²) in [5, 5.41) is 35.3. The second kappa shape index (κ2) is 7.73. The number of nitrogens with zero attached hydrogens (tertiary/aromatic N) is 3. The molecule has 0 fully saturated rings. The van der Waals surface area contributed by atoms with E-state index >= 15 is 0 Å². The molecule has 25 heavy (non-hydrogen) atoms. The topological polar surface area (TPSA) is 140 Å². The number of nitrogens with one attached hydrogen (secondary N) is 1. The zero-order valence-corrected chi connectivity index (χ0v) is 13.1. The van der Waals surface area contributed by atoms with E-state index in [-0.39, 0.29) is 18.0 Å². The minimum Gasteiger partial charge on any atom is -0.500 e. The van der Waals surface area contributed by atoms with Crippen LogP contribution in [0.3, 0.4) is 0 Å². The van der Waals surface area contributed by atoms with Gasteiger partial charge in [-0.1, -0.05) is 0 Å². The van der Waals surface area contributed by atoms with Crippen LogP contribution in [0, 0.1) is 20.2 Å². The fraction of sp³-hybridized carbons (Fsp3) is 0.133. The Balaban J connectivity index is 2.19. The molecule has 0 spiro atoms. The van der Waals surface area contributed by atoms with Crippen LogP contribution < -0.4 is 10.2 Å². The standard InChI is InChI=1S/C15H14N4O6/c1-2-25-14-8-10(7-13(15(14)20)19(23)24)9-16-17-11-3-5-12(6-4-11)18(21)22/h3-9,17,20H,2H2,1H3. The van der Waals surface area contributed by atoms with Gasteiger partial charge in [-0.15, -0.1) is 0 Å². The third-order valence-electron chi connectivity index (χ3n) is 3.06. The lowest BCUT2D eigenvalue weighted by molar-refractivity contribution is -0.386. The van der Waals surface area contributed by atoms with E-state index in [0.717, 1.165) is 6.07 Å². The number of hydrazone groups is 1. The maximum Gasteiger partial charge on any atom is 0.315 e. The average molecular weight is 346 g/mol. The number of ether oxygens (including phenoxy) is 1. The number of anilines is 1. The van der Waals surface area contributed by atoms with Gasteiger partial charge in [-0.3, -0.25) is 25.7 Å². The number of non-ortho nitro benzene ring substituents is 1. The van der Waals surface area contributed by atoms with Crippen LogP contribution in [0.15, 0.2) is 41.5 Å². The van der Waals surface area contributed by atoms with Crippen molar-refractivity contribution in [2.45, 2.75) is 6.92 Å². The lowest BCUT2D eigenvalue weighted by Crippen LogP contribution is -1.98. The van der Waals surface area contributed by atoms with E-state index in [0.29, 0.717) is 11.3 Å². The van der Waals surface area contributed by atoms with Crippen molar-refractivity contribution >= 4 is 23.3 Å². The maximum atomic E-state index is 11.0. The van der Waals surface area contributed by atoms with Crippen molar-refractivity contribution in [3.8, 4) is 11.5 Å². The van der Waals surface area contributed by atoms with E-state index in [4.69, 9.17) is 4.74 Å². The lowest BCUT2D eigenvalue weighted by atomic mass is 10.2. The number of rotatable bonds is 7. The lowest BCUT2D eigenvalue weighted by Gasteiger charge is -2.07. The first-order chi connectivity index (χ1) is 11.9. The third-order valence-corrected chi connectivity index (χ3v) is 3.06. The average Bonchev–Trinajstić information content (AvgIpc) is 2.58. The van der Waals surface area contributed by atoms with Crippen LogP contribution in [0.5, 0.6) is 11.5 Å². The summed E-state index contributed by atoms with van der Waals surface area (Å²) >= 11 is 0. The summed E-state index contributed by atoms with van der Waals surface area (Å²) in [5.41, 5.74) is 2.94. The molecule has 0 unspecified atom stereocenters. The number of phenolic OH excluding ortho intramolecular Hbond substituents is 1. The second-order valence-corrected chi connectivity index (χ2v) is 4.75. The summed E-state index contributed by atoms with van der Waals surface area (Å²) in [6.45, 7) is 1.91. The molecule has 0 heterocycles. The quantitative estimate of drug-likeness (QED) is 0.446. The Hall–Kier alpha value is -3.69. The molecule has 2 aromatic carbocycles. The molecule has 2 N–H and O–H groups in total. The Morgan fingerprint density at radius 2 is 1.88 bits per heavy atom. The smallest absolute Gasteiger partial charge is 0.315 e. The molecule has 0 aliphatic heterocycles. The van der Waals surface area contributed by atoms with Crippen LogP contribution >= 0.6 is 0 Å². The summed E-state index contributed by atoms with van der Waals surface area (Å²) in [4.78, 5) is 20.3. The SMILES string of the molecule is CCOc1cc(C=NNc2ccc([N+](=O)[O-])cc2)cc([N+](=O)[O-])c1O. The van der Waals surface area contributed by atoms with E-state index < -0.39 is 21.3 Å². The second-order valence-electron chi connectivity index (χ2n) is 4.75. The highest BCUT2D eigenvalue weighted by molar-refractivity contribution is 5.83. The van der Waals surface area contributed by atoms with Gasteiger partial charge < -0.3 is 9.84 Å². The molecule has 0 saturated carbocycles. The molecule has 0 aliphatic carbocycles. The first-order valence-electron chi connectivity index (χ1n) is 7.10. The van der Waals surface area contributed by atoms with Crippen LogP contribution in [0.25, 0.3) is 0 Å². The molecule has 0 saturated heterocycles. The van der Waals surface area contributed by atoms with Gasteiger partial charge >= 0.3 is 5.69 Å². The highest BCUT2D eigenvalue weighted by atomic mass is 16.6. The molecule has 0 aromatic heterocycles. The van der Waals surface area contributed by atoms with Crippen molar-refractivity contribution < 1.29 is 19.7 Å². The van der Waals surface area contributed by atoms with Crippen molar-refractivity contribution in [1.82, 2.24) is 0 Å². The van der Waals surface area contributed by atoms with E-state index in [1.807, 2.05) is 0 Å². The summed E-state index contributed by atoms with van der Waals surface area (Å²) < 4.78 is 5.17. The molecular formula is C15H14N4O6. The number of phenols is 1. The number of hydrogen-bond donors (Lipinski definition) is 2. The molecule has 0 bridgehead atoms. The molecule has 0 aliphatic rings. The van der Waals surface area contributed by atoms with Crippen molar-refractivity contribution in [3.63, 3.8) is 0 Å². The molecule has 2 rings (SSSR count). The Bertz CT molecular complexity index is 820. The number of hydrogen-bond acceptors (Lipinski definition) is 8. The van der Waals surface area contributed by atoms with Crippen molar-refractivity contribution in [1.29, 1.82) is 0 Å². The van der Waals surface area contributed by atoms with Crippen LogP contribution in [0.4, 0.5) is 17.1 Å². The van der Waals surface area contributed by atoms with E-state index in [2.05, 4.69) is 10.5 Å². The first-order valence-corrected chi connectivity index (χ1v) is 7.10. The Morgan fingerprint density at radius 3 is 2.44 bits per heavy atom. The summed E-state index contributed by atoms with van der Waals surface area (Å²) in [6.07, 6.45) is 1.30. The number of aromatic hydroxyl groups is 1. The number of nitro benzene ring substituents is 2. The molecule has 130 valence electrons. The summed E-state index contributed by atoms with van der Waals surface area (Å²) in [7, 11) is 0. The maximum absolute atomic E-state index is 11.0. The molecule has 0 radical (unpaired) electrons. The van der Waals surface area contributed by atoms with Crippen molar-refractivity contribution in [3.05, 3.63) is 62.2 Å².